The van der Waals surface area contributed by atoms with Crippen LogP contribution in [0.15, 0.2) is 18.2 Å². The van der Waals surface area contributed by atoms with Gasteiger partial charge >= 0.3 is 5.97 Å². The lowest BCUT2D eigenvalue weighted by atomic mass is 9.69. The van der Waals surface area contributed by atoms with Gasteiger partial charge in [-0.2, -0.15) is 5.26 Å². The third-order valence-corrected chi connectivity index (χ3v) is 4.96. The number of nitrogens with zero attached hydrogens (tertiary/aromatic N) is 3. The van der Waals surface area contributed by atoms with E-state index in [1.807, 2.05) is 0 Å². The molecule has 0 amide bonds. The highest BCUT2D eigenvalue weighted by Gasteiger charge is 2.54. The predicted octanol–water partition coefficient (Wildman–Crippen LogP) is 2.58. The number of esters is 1. The second-order valence-corrected chi connectivity index (χ2v) is 6.26. The average molecular weight is 329 g/mol. The van der Waals surface area contributed by atoms with Gasteiger partial charge in [0.15, 0.2) is 5.41 Å². The van der Waals surface area contributed by atoms with E-state index in [9.17, 15) is 20.2 Å². The van der Waals surface area contributed by atoms with E-state index in [1.54, 1.807) is 13.0 Å². The number of carbonyl (C=O) groups is 1. The van der Waals surface area contributed by atoms with Crippen LogP contribution in [0, 0.1) is 26.9 Å². The van der Waals surface area contributed by atoms with Crippen LogP contribution in [0.25, 0.3) is 0 Å². The zero-order valence-corrected chi connectivity index (χ0v) is 13.5. The second kappa shape index (κ2) is 6.11. The van der Waals surface area contributed by atoms with Crippen LogP contribution in [-0.2, 0) is 16.0 Å². The molecule has 2 aliphatic heterocycles. The van der Waals surface area contributed by atoms with E-state index >= 15 is 0 Å². The SMILES string of the molecule is CCOC(=O)[C@]1(C#N)Cc2cc([N+](=O)[O-])ccc2N2CCCC[C@@H]21. The number of piperidine rings is 1. The molecule has 0 aliphatic carbocycles. The van der Waals surface area contributed by atoms with E-state index in [4.69, 9.17) is 4.74 Å². The summed E-state index contributed by atoms with van der Waals surface area (Å²) in [5.74, 6) is -0.526. The van der Waals surface area contributed by atoms with E-state index in [-0.39, 0.29) is 24.8 Å². The van der Waals surface area contributed by atoms with Gasteiger partial charge in [0.2, 0.25) is 0 Å². The number of ether oxygens (including phenoxy) is 1. The molecule has 126 valence electrons. The Kier molecular flexibility index (Phi) is 4.14. The highest BCUT2D eigenvalue weighted by molar-refractivity contribution is 5.84. The van der Waals surface area contributed by atoms with Crippen LogP contribution >= 0.6 is 0 Å². The van der Waals surface area contributed by atoms with Gasteiger partial charge in [-0.25, -0.2) is 0 Å². The minimum atomic E-state index is -1.31. The van der Waals surface area contributed by atoms with E-state index in [1.165, 1.54) is 12.1 Å². The number of rotatable bonds is 3. The van der Waals surface area contributed by atoms with Crippen molar-refractivity contribution in [3.8, 4) is 6.07 Å². The molecule has 0 radical (unpaired) electrons. The van der Waals surface area contributed by atoms with Gasteiger partial charge in [-0.15, -0.1) is 0 Å². The lowest BCUT2D eigenvalue weighted by Gasteiger charge is -2.48. The molecule has 3 rings (SSSR count). The van der Waals surface area contributed by atoms with Crippen molar-refractivity contribution in [3.63, 3.8) is 0 Å². The number of nitro groups is 1. The maximum atomic E-state index is 12.6. The summed E-state index contributed by atoms with van der Waals surface area (Å²) in [6.07, 6.45) is 2.81. The normalized spacial score (nSPS) is 25.2. The van der Waals surface area contributed by atoms with Crippen LogP contribution in [0.4, 0.5) is 11.4 Å². The Bertz CT molecular complexity index is 727. The summed E-state index contributed by atoms with van der Waals surface area (Å²) >= 11 is 0. The van der Waals surface area contributed by atoms with Crippen LogP contribution < -0.4 is 4.90 Å². The first-order chi connectivity index (χ1) is 11.5. The number of anilines is 1. The Morgan fingerprint density at radius 1 is 1.54 bits per heavy atom. The number of non-ortho nitro benzene ring substituents is 1. The molecule has 2 heterocycles. The number of fused-ring (bicyclic) bond motifs is 3. The summed E-state index contributed by atoms with van der Waals surface area (Å²) < 4.78 is 5.20. The van der Waals surface area contributed by atoms with Gasteiger partial charge in [-0.3, -0.25) is 14.9 Å². The molecule has 2 aliphatic rings. The number of nitro benzene ring substituents is 1. The van der Waals surface area contributed by atoms with Crippen molar-refractivity contribution >= 4 is 17.3 Å². The Balaban J connectivity index is 2.12. The molecular formula is C17H19N3O4. The van der Waals surface area contributed by atoms with Crippen molar-refractivity contribution in [2.24, 2.45) is 5.41 Å². The molecule has 2 atom stereocenters. The minimum absolute atomic E-state index is 0.0279. The fraction of sp³-hybridized carbons (Fsp3) is 0.529. The zero-order chi connectivity index (χ0) is 17.3. The van der Waals surface area contributed by atoms with Gasteiger partial charge in [0.25, 0.3) is 5.69 Å². The number of nitriles is 1. The summed E-state index contributed by atoms with van der Waals surface area (Å²) in [6, 6.07) is 6.65. The molecular weight excluding hydrogens is 310 g/mol. The third kappa shape index (κ3) is 2.39. The fourth-order valence-electron chi connectivity index (χ4n) is 3.89. The Morgan fingerprint density at radius 3 is 3.00 bits per heavy atom. The Labute approximate surface area is 140 Å². The van der Waals surface area contributed by atoms with Gasteiger partial charge in [0.1, 0.15) is 0 Å². The van der Waals surface area contributed by atoms with Gasteiger partial charge in [0, 0.05) is 30.8 Å². The van der Waals surface area contributed by atoms with Crippen molar-refractivity contribution in [1.29, 1.82) is 5.26 Å². The molecule has 0 unspecified atom stereocenters. The topological polar surface area (TPSA) is 96.5 Å². The average Bonchev–Trinajstić information content (AvgIpc) is 2.60. The van der Waals surface area contributed by atoms with Crippen molar-refractivity contribution < 1.29 is 14.5 Å². The van der Waals surface area contributed by atoms with Gasteiger partial charge < -0.3 is 9.64 Å². The smallest absolute Gasteiger partial charge is 0.328 e. The molecule has 0 N–H and O–H groups in total. The zero-order valence-electron chi connectivity index (χ0n) is 13.5. The molecule has 1 saturated heterocycles. The summed E-state index contributed by atoms with van der Waals surface area (Å²) in [6.45, 7) is 2.65. The summed E-state index contributed by atoms with van der Waals surface area (Å²) in [7, 11) is 0. The van der Waals surface area contributed by atoms with Crippen LogP contribution in [0.1, 0.15) is 31.7 Å². The largest absolute Gasteiger partial charge is 0.465 e. The van der Waals surface area contributed by atoms with E-state index in [2.05, 4.69) is 11.0 Å². The van der Waals surface area contributed by atoms with Gasteiger partial charge in [0.05, 0.1) is 23.6 Å². The van der Waals surface area contributed by atoms with Crippen LogP contribution in [0.3, 0.4) is 0 Å². The van der Waals surface area contributed by atoms with Crippen molar-refractivity contribution in [2.45, 2.75) is 38.6 Å². The highest BCUT2D eigenvalue weighted by Crippen LogP contribution is 2.46. The maximum Gasteiger partial charge on any atom is 0.328 e. The standard InChI is InChI=1S/C17H19N3O4/c1-2-24-16(21)17(11-18)10-12-9-13(20(22)23)6-7-14(12)19-8-4-3-5-15(17)19/h6-7,9,15H,2-5,8,10H2,1H3/t15-,17+/m1/s1. The quantitative estimate of drug-likeness (QED) is 0.480. The van der Waals surface area contributed by atoms with Gasteiger partial charge in [-0.1, -0.05) is 0 Å². The van der Waals surface area contributed by atoms with Crippen LogP contribution in [-0.4, -0.2) is 30.1 Å². The first-order valence-corrected chi connectivity index (χ1v) is 8.16. The molecule has 1 aromatic carbocycles. The number of hydrogen-bond acceptors (Lipinski definition) is 6. The summed E-state index contributed by atoms with van der Waals surface area (Å²) in [4.78, 5) is 25.3. The molecule has 0 aromatic heterocycles. The molecule has 7 nitrogen and oxygen atoms in total. The predicted molar refractivity (Wildman–Crippen MR) is 86.5 cm³/mol. The lowest BCUT2D eigenvalue weighted by Crippen LogP contribution is -2.58. The molecule has 0 bridgehead atoms. The summed E-state index contributed by atoms with van der Waals surface area (Å²) in [5.41, 5.74) is 0.218. The fourth-order valence-corrected chi connectivity index (χ4v) is 3.89. The van der Waals surface area contributed by atoms with Gasteiger partial charge in [-0.05, 0) is 37.8 Å². The van der Waals surface area contributed by atoms with Crippen LogP contribution in [0.2, 0.25) is 0 Å². The number of hydrogen-bond donors (Lipinski definition) is 0. The molecule has 1 fully saturated rings. The second-order valence-electron chi connectivity index (χ2n) is 6.26. The van der Waals surface area contributed by atoms with E-state index < -0.39 is 16.3 Å². The summed E-state index contributed by atoms with van der Waals surface area (Å²) in [5, 5.41) is 20.9. The number of carbonyl (C=O) groups excluding carboxylic acids is 1. The Morgan fingerprint density at radius 2 is 2.33 bits per heavy atom. The molecule has 0 saturated carbocycles. The van der Waals surface area contributed by atoms with Crippen molar-refractivity contribution in [3.05, 3.63) is 33.9 Å². The third-order valence-electron chi connectivity index (χ3n) is 4.96. The maximum absolute atomic E-state index is 12.6. The highest BCUT2D eigenvalue weighted by atomic mass is 16.6. The van der Waals surface area contributed by atoms with Crippen LogP contribution in [0.5, 0.6) is 0 Å². The minimum Gasteiger partial charge on any atom is -0.465 e. The van der Waals surface area contributed by atoms with E-state index in [0.717, 1.165) is 31.5 Å². The monoisotopic (exact) mass is 329 g/mol. The molecule has 0 spiro atoms. The Hall–Kier alpha value is -2.62. The van der Waals surface area contributed by atoms with E-state index in [0.29, 0.717) is 5.56 Å². The molecule has 1 aromatic rings. The van der Waals surface area contributed by atoms with Crippen molar-refractivity contribution in [1.82, 2.24) is 0 Å². The van der Waals surface area contributed by atoms with Crippen molar-refractivity contribution in [2.75, 3.05) is 18.1 Å². The first-order valence-electron chi connectivity index (χ1n) is 8.16. The number of benzene rings is 1. The first kappa shape index (κ1) is 16.2. The molecule has 7 heteroatoms. The lowest BCUT2D eigenvalue weighted by molar-refractivity contribution is -0.384. The molecule has 24 heavy (non-hydrogen) atoms.